The second-order valence-corrected chi connectivity index (χ2v) is 7.41. The number of aromatic nitrogens is 2. The predicted molar refractivity (Wildman–Crippen MR) is 110 cm³/mol. The van der Waals surface area contributed by atoms with Gasteiger partial charge in [0.1, 0.15) is 5.82 Å². The second-order valence-electron chi connectivity index (χ2n) is 6.43. The molecular weight excluding hydrogens is 374 g/mol. The maximum atomic E-state index is 12.8. The summed E-state index contributed by atoms with van der Waals surface area (Å²) in [5, 5.41) is 7.80. The van der Waals surface area contributed by atoms with Crippen molar-refractivity contribution in [2.24, 2.45) is 0 Å². The molecule has 0 saturated carbocycles. The van der Waals surface area contributed by atoms with Crippen LogP contribution in [0.5, 0.6) is 11.5 Å². The number of para-hydroxylation sites is 1. The standard InChI is InChI=1S/C21H21N3O3S/c1-26-18-9-8-14(10-19(18)27-2)11-20(25)22-21-16-12-28-13-17(16)23-24(21)15-6-4-3-5-7-15/h3-10H,11-13H2,1-2H3,(H,22,25). The second kappa shape index (κ2) is 7.98. The monoisotopic (exact) mass is 395 g/mol. The van der Waals surface area contributed by atoms with Crippen LogP contribution in [-0.4, -0.2) is 29.9 Å². The molecule has 0 radical (unpaired) electrons. The lowest BCUT2D eigenvalue weighted by Crippen LogP contribution is -2.18. The van der Waals surface area contributed by atoms with Gasteiger partial charge in [-0.25, -0.2) is 4.68 Å². The normalized spacial score (nSPS) is 12.5. The molecule has 28 heavy (non-hydrogen) atoms. The molecule has 0 bridgehead atoms. The Morgan fingerprint density at radius 2 is 1.89 bits per heavy atom. The molecule has 1 aliphatic heterocycles. The highest BCUT2D eigenvalue weighted by molar-refractivity contribution is 7.98. The summed E-state index contributed by atoms with van der Waals surface area (Å²) < 4.78 is 12.4. The van der Waals surface area contributed by atoms with E-state index in [9.17, 15) is 4.79 Å². The van der Waals surface area contributed by atoms with Crippen molar-refractivity contribution in [3.8, 4) is 17.2 Å². The van der Waals surface area contributed by atoms with Crippen molar-refractivity contribution < 1.29 is 14.3 Å². The van der Waals surface area contributed by atoms with E-state index in [1.165, 1.54) is 0 Å². The molecule has 2 aromatic carbocycles. The highest BCUT2D eigenvalue weighted by Gasteiger charge is 2.24. The summed E-state index contributed by atoms with van der Waals surface area (Å²) >= 11 is 1.81. The predicted octanol–water partition coefficient (Wildman–Crippen LogP) is 3.82. The minimum atomic E-state index is -0.0935. The molecule has 1 amide bonds. The van der Waals surface area contributed by atoms with Gasteiger partial charge in [-0.3, -0.25) is 4.79 Å². The van der Waals surface area contributed by atoms with E-state index in [0.717, 1.165) is 39.8 Å². The van der Waals surface area contributed by atoms with Crippen LogP contribution in [0.25, 0.3) is 5.69 Å². The van der Waals surface area contributed by atoms with E-state index in [0.29, 0.717) is 11.5 Å². The summed E-state index contributed by atoms with van der Waals surface area (Å²) in [6.45, 7) is 0. The Morgan fingerprint density at radius 1 is 1.11 bits per heavy atom. The number of nitrogens with zero attached hydrogens (tertiary/aromatic N) is 2. The Bertz CT molecular complexity index is 1000. The fraction of sp³-hybridized carbons (Fsp3) is 0.238. The van der Waals surface area contributed by atoms with Crippen LogP contribution in [0.3, 0.4) is 0 Å². The van der Waals surface area contributed by atoms with E-state index in [-0.39, 0.29) is 12.3 Å². The Balaban J connectivity index is 1.58. The average molecular weight is 395 g/mol. The lowest BCUT2D eigenvalue weighted by molar-refractivity contribution is -0.115. The maximum absolute atomic E-state index is 12.8. The maximum Gasteiger partial charge on any atom is 0.229 e. The smallest absolute Gasteiger partial charge is 0.229 e. The van der Waals surface area contributed by atoms with Crippen LogP contribution in [0, 0.1) is 0 Å². The molecule has 6 nitrogen and oxygen atoms in total. The Morgan fingerprint density at radius 3 is 2.64 bits per heavy atom. The van der Waals surface area contributed by atoms with Gasteiger partial charge in [-0.1, -0.05) is 24.3 Å². The zero-order valence-corrected chi connectivity index (χ0v) is 16.6. The average Bonchev–Trinajstić information content (AvgIpc) is 3.31. The van der Waals surface area contributed by atoms with Crippen molar-refractivity contribution in [1.82, 2.24) is 9.78 Å². The summed E-state index contributed by atoms with van der Waals surface area (Å²) in [5.41, 5.74) is 3.93. The molecule has 0 saturated heterocycles. The molecule has 3 aromatic rings. The minimum absolute atomic E-state index is 0.0935. The lowest BCUT2D eigenvalue weighted by atomic mass is 10.1. The number of methoxy groups -OCH3 is 2. The SMILES string of the molecule is COc1ccc(CC(=O)Nc2c3c(nn2-c2ccccc2)CSC3)cc1OC. The molecule has 0 fully saturated rings. The van der Waals surface area contributed by atoms with Crippen molar-refractivity contribution in [2.75, 3.05) is 19.5 Å². The first-order chi connectivity index (χ1) is 13.7. The number of ether oxygens (including phenoxy) is 2. The molecule has 1 aliphatic rings. The van der Waals surface area contributed by atoms with Gasteiger partial charge in [-0.2, -0.15) is 16.9 Å². The fourth-order valence-electron chi connectivity index (χ4n) is 3.25. The van der Waals surface area contributed by atoms with Gasteiger partial charge in [0.15, 0.2) is 11.5 Å². The van der Waals surface area contributed by atoms with Crippen molar-refractivity contribution in [1.29, 1.82) is 0 Å². The van der Waals surface area contributed by atoms with Crippen molar-refractivity contribution in [3.05, 3.63) is 65.4 Å². The van der Waals surface area contributed by atoms with Crippen molar-refractivity contribution in [2.45, 2.75) is 17.9 Å². The Hall–Kier alpha value is -2.93. The Labute approximate surface area is 167 Å². The molecule has 0 spiro atoms. The first-order valence-corrected chi connectivity index (χ1v) is 10.1. The zero-order chi connectivity index (χ0) is 19.5. The van der Waals surface area contributed by atoms with Crippen molar-refractivity contribution in [3.63, 3.8) is 0 Å². The first kappa shape index (κ1) is 18.4. The number of rotatable bonds is 6. The van der Waals surface area contributed by atoms with Crippen molar-refractivity contribution >= 4 is 23.5 Å². The molecule has 0 atom stereocenters. The van der Waals surface area contributed by atoms with E-state index in [1.807, 2.05) is 65.0 Å². The highest BCUT2D eigenvalue weighted by Crippen LogP contribution is 2.36. The van der Waals surface area contributed by atoms with Gasteiger partial charge >= 0.3 is 0 Å². The fourth-order valence-corrected chi connectivity index (χ4v) is 4.28. The number of fused-ring (bicyclic) bond motifs is 1. The number of thioether (sulfide) groups is 1. The third-order valence-electron chi connectivity index (χ3n) is 4.62. The van der Waals surface area contributed by atoms with Crippen LogP contribution >= 0.6 is 11.8 Å². The Kier molecular flexibility index (Phi) is 5.25. The molecule has 0 unspecified atom stereocenters. The number of amides is 1. The summed E-state index contributed by atoms with van der Waals surface area (Å²) in [6, 6.07) is 15.4. The van der Waals surface area contributed by atoms with Gasteiger partial charge in [0.2, 0.25) is 5.91 Å². The number of hydrogen-bond donors (Lipinski definition) is 1. The minimum Gasteiger partial charge on any atom is -0.493 e. The van der Waals surface area contributed by atoms with Gasteiger partial charge in [0.05, 0.1) is 32.0 Å². The van der Waals surface area contributed by atoms with E-state index < -0.39 is 0 Å². The summed E-state index contributed by atoms with van der Waals surface area (Å²) in [5.74, 6) is 3.64. The number of carbonyl (C=O) groups is 1. The van der Waals surface area contributed by atoms with Crippen LogP contribution in [0.2, 0.25) is 0 Å². The van der Waals surface area contributed by atoms with E-state index in [2.05, 4.69) is 5.32 Å². The third kappa shape index (κ3) is 3.57. The quantitative estimate of drug-likeness (QED) is 0.687. The first-order valence-electron chi connectivity index (χ1n) is 8.94. The van der Waals surface area contributed by atoms with Gasteiger partial charge in [-0.15, -0.1) is 0 Å². The van der Waals surface area contributed by atoms with E-state index in [1.54, 1.807) is 14.2 Å². The number of hydrogen-bond acceptors (Lipinski definition) is 5. The van der Waals surface area contributed by atoms with Crippen LogP contribution < -0.4 is 14.8 Å². The molecule has 1 N–H and O–H groups in total. The van der Waals surface area contributed by atoms with Gasteiger partial charge in [0.25, 0.3) is 0 Å². The van der Waals surface area contributed by atoms with Crippen LogP contribution in [0.1, 0.15) is 16.8 Å². The van der Waals surface area contributed by atoms with Gasteiger partial charge in [0, 0.05) is 17.1 Å². The van der Waals surface area contributed by atoms with Crippen LogP contribution in [0.15, 0.2) is 48.5 Å². The van der Waals surface area contributed by atoms with Gasteiger partial charge in [-0.05, 0) is 29.8 Å². The molecule has 144 valence electrons. The topological polar surface area (TPSA) is 65.4 Å². The largest absolute Gasteiger partial charge is 0.493 e. The summed E-state index contributed by atoms with van der Waals surface area (Å²) in [6.07, 6.45) is 0.238. The van der Waals surface area contributed by atoms with Gasteiger partial charge < -0.3 is 14.8 Å². The summed E-state index contributed by atoms with van der Waals surface area (Å²) in [7, 11) is 3.18. The highest BCUT2D eigenvalue weighted by atomic mass is 32.2. The summed E-state index contributed by atoms with van der Waals surface area (Å²) in [4.78, 5) is 12.8. The van der Waals surface area contributed by atoms with Crippen LogP contribution in [-0.2, 0) is 22.7 Å². The molecule has 0 aliphatic carbocycles. The zero-order valence-electron chi connectivity index (χ0n) is 15.8. The molecular formula is C21H21N3O3S. The third-order valence-corrected chi connectivity index (χ3v) is 5.59. The molecule has 2 heterocycles. The lowest BCUT2D eigenvalue weighted by Gasteiger charge is -2.12. The number of anilines is 1. The molecule has 7 heteroatoms. The molecule has 4 rings (SSSR count). The number of nitrogens with one attached hydrogen (secondary N) is 1. The van der Waals surface area contributed by atoms with E-state index in [4.69, 9.17) is 14.6 Å². The van der Waals surface area contributed by atoms with Crippen LogP contribution in [0.4, 0.5) is 5.82 Å². The molecule has 1 aromatic heterocycles. The number of carbonyl (C=O) groups excluding carboxylic acids is 1. The van der Waals surface area contributed by atoms with E-state index >= 15 is 0 Å². The number of benzene rings is 2.